The lowest BCUT2D eigenvalue weighted by molar-refractivity contribution is 0.101. The minimum Gasteiger partial charge on any atom is -0.497 e. The molecular weight excluding hydrogens is 276 g/mol. The number of halogens is 1. The van der Waals surface area contributed by atoms with Crippen molar-refractivity contribution < 1.29 is 14.3 Å². The first-order chi connectivity index (χ1) is 9.69. The maximum Gasteiger partial charge on any atom is 0.231 e. The zero-order chi connectivity index (χ0) is 14.1. The van der Waals surface area contributed by atoms with Crippen molar-refractivity contribution in [1.29, 1.82) is 0 Å². The van der Waals surface area contributed by atoms with Crippen molar-refractivity contribution in [2.75, 3.05) is 7.11 Å². The van der Waals surface area contributed by atoms with Gasteiger partial charge in [-0.1, -0.05) is 29.8 Å². The van der Waals surface area contributed by atoms with Gasteiger partial charge in [0.15, 0.2) is 5.76 Å². The lowest BCUT2D eigenvalue weighted by atomic mass is 10.1. The van der Waals surface area contributed by atoms with Gasteiger partial charge >= 0.3 is 0 Å². The third-order valence-electron chi connectivity index (χ3n) is 3.07. The van der Waals surface area contributed by atoms with E-state index < -0.39 is 0 Å². The summed E-state index contributed by atoms with van der Waals surface area (Å²) in [4.78, 5) is 12.2. The monoisotopic (exact) mass is 286 g/mol. The molecule has 0 amide bonds. The molecule has 0 aromatic heterocycles. The number of fused-ring (bicyclic) bond motifs is 1. The summed E-state index contributed by atoms with van der Waals surface area (Å²) in [5.41, 5.74) is 1.28. The fourth-order valence-corrected chi connectivity index (χ4v) is 2.22. The summed E-state index contributed by atoms with van der Waals surface area (Å²) in [5.74, 6) is 1.27. The molecule has 1 aliphatic rings. The Morgan fingerprint density at radius 2 is 2.00 bits per heavy atom. The maximum absolute atomic E-state index is 12.2. The number of carbonyl (C=O) groups excluding carboxylic acids is 1. The molecule has 0 N–H and O–H groups in total. The summed E-state index contributed by atoms with van der Waals surface area (Å²) in [7, 11) is 1.57. The number of ether oxygens (including phenoxy) is 2. The van der Waals surface area contributed by atoms with E-state index in [4.69, 9.17) is 21.1 Å². The van der Waals surface area contributed by atoms with Crippen LogP contribution in [0.4, 0.5) is 0 Å². The van der Waals surface area contributed by atoms with Crippen LogP contribution in [0.1, 0.15) is 15.9 Å². The molecule has 4 heteroatoms. The van der Waals surface area contributed by atoms with Gasteiger partial charge in [0.2, 0.25) is 5.78 Å². The Balaban J connectivity index is 1.99. The molecule has 2 aromatic carbocycles. The van der Waals surface area contributed by atoms with E-state index >= 15 is 0 Å². The van der Waals surface area contributed by atoms with E-state index in [1.807, 2.05) is 18.2 Å². The largest absolute Gasteiger partial charge is 0.497 e. The highest BCUT2D eigenvalue weighted by molar-refractivity contribution is 6.32. The van der Waals surface area contributed by atoms with Crippen molar-refractivity contribution in [2.24, 2.45) is 0 Å². The second-order valence-corrected chi connectivity index (χ2v) is 4.73. The van der Waals surface area contributed by atoms with E-state index in [-0.39, 0.29) is 11.5 Å². The van der Waals surface area contributed by atoms with Crippen LogP contribution < -0.4 is 9.47 Å². The summed E-state index contributed by atoms with van der Waals surface area (Å²) in [6, 6.07) is 12.4. The Morgan fingerprint density at radius 3 is 2.75 bits per heavy atom. The lowest BCUT2D eigenvalue weighted by Gasteiger charge is -2.02. The summed E-state index contributed by atoms with van der Waals surface area (Å²) in [6.07, 6.45) is 1.65. The van der Waals surface area contributed by atoms with E-state index in [0.717, 1.165) is 5.56 Å². The summed E-state index contributed by atoms with van der Waals surface area (Å²) in [5, 5.41) is 0.574. The molecule has 3 rings (SSSR count). The Labute approximate surface area is 121 Å². The van der Waals surface area contributed by atoms with E-state index in [9.17, 15) is 4.79 Å². The second kappa shape index (κ2) is 5.02. The molecule has 0 spiro atoms. The molecule has 1 heterocycles. The van der Waals surface area contributed by atoms with Gasteiger partial charge in [0.05, 0.1) is 12.7 Å². The molecule has 2 aromatic rings. The first-order valence-corrected chi connectivity index (χ1v) is 6.43. The predicted octanol–water partition coefficient (Wildman–Crippen LogP) is 3.96. The summed E-state index contributed by atoms with van der Waals surface area (Å²) in [6.45, 7) is 0. The van der Waals surface area contributed by atoms with Gasteiger partial charge in [0.25, 0.3) is 0 Å². The normalized spacial score (nSPS) is 15.1. The summed E-state index contributed by atoms with van der Waals surface area (Å²) < 4.78 is 10.7. The summed E-state index contributed by atoms with van der Waals surface area (Å²) >= 11 is 6.08. The van der Waals surface area contributed by atoms with Gasteiger partial charge in [-0.25, -0.2) is 0 Å². The van der Waals surface area contributed by atoms with Crippen molar-refractivity contribution in [1.82, 2.24) is 0 Å². The smallest absolute Gasteiger partial charge is 0.231 e. The Hall–Kier alpha value is -2.26. The van der Waals surface area contributed by atoms with Crippen LogP contribution in [-0.4, -0.2) is 12.9 Å². The van der Waals surface area contributed by atoms with Crippen LogP contribution in [0.2, 0.25) is 5.02 Å². The molecule has 0 bridgehead atoms. The van der Waals surface area contributed by atoms with Gasteiger partial charge in [-0.2, -0.15) is 0 Å². The second-order valence-electron chi connectivity index (χ2n) is 4.32. The Kier molecular flexibility index (Phi) is 3.20. The predicted molar refractivity (Wildman–Crippen MR) is 77.4 cm³/mol. The molecule has 3 nitrogen and oxygen atoms in total. The molecule has 0 saturated heterocycles. The molecule has 0 aliphatic carbocycles. The molecular formula is C16H11ClO3. The van der Waals surface area contributed by atoms with Crippen LogP contribution in [0, 0.1) is 0 Å². The van der Waals surface area contributed by atoms with Gasteiger partial charge in [-0.3, -0.25) is 4.79 Å². The average Bonchev–Trinajstić information content (AvgIpc) is 2.77. The fourth-order valence-electron chi connectivity index (χ4n) is 2.03. The molecule has 0 fully saturated rings. The number of rotatable bonds is 2. The van der Waals surface area contributed by atoms with Gasteiger partial charge in [-0.15, -0.1) is 0 Å². The molecule has 20 heavy (non-hydrogen) atoms. The number of Topliss-reactive ketones (excluding diaryl/α,β-unsaturated/α-hetero) is 1. The van der Waals surface area contributed by atoms with Crippen molar-refractivity contribution in [2.45, 2.75) is 0 Å². The van der Waals surface area contributed by atoms with Crippen LogP contribution in [0.25, 0.3) is 6.08 Å². The number of allylic oxidation sites excluding steroid dienone is 1. The lowest BCUT2D eigenvalue weighted by Crippen LogP contribution is -1.98. The van der Waals surface area contributed by atoms with Crippen LogP contribution in [0.3, 0.4) is 0 Å². The first kappa shape index (κ1) is 12.8. The highest BCUT2D eigenvalue weighted by Gasteiger charge is 2.27. The first-order valence-electron chi connectivity index (χ1n) is 6.06. The SMILES string of the molecule is COc1ccc2c(c1)O/C(=C\c1ccccc1Cl)C2=O. The quantitative estimate of drug-likeness (QED) is 0.784. The molecule has 0 unspecified atom stereocenters. The number of ketones is 1. The van der Waals surface area contributed by atoms with Crippen LogP contribution in [0.5, 0.6) is 11.5 Å². The number of carbonyl (C=O) groups is 1. The molecule has 0 atom stereocenters. The van der Waals surface area contributed by atoms with Crippen molar-refractivity contribution in [3.63, 3.8) is 0 Å². The third kappa shape index (κ3) is 2.17. The van der Waals surface area contributed by atoms with Crippen LogP contribution in [0.15, 0.2) is 48.2 Å². The molecule has 0 radical (unpaired) electrons. The van der Waals surface area contributed by atoms with Gasteiger partial charge in [0, 0.05) is 11.1 Å². The van der Waals surface area contributed by atoms with Gasteiger partial charge in [-0.05, 0) is 29.8 Å². The zero-order valence-corrected chi connectivity index (χ0v) is 11.5. The number of methoxy groups -OCH3 is 1. The maximum atomic E-state index is 12.2. The number of hydrogen-bond donors (Lipinski definition) is 0. The van der Waals surface area contributed by atoms with Crippen LogP contribution in [-0.2, 0) is 0 Å². The van der Waals surface area contributed by atoms with Crippen molar-refractivity contribution >= 4 is 23.5 Å². The van der Waals surface area contributed by atoms with E-state index in [0.29, 0.717) is 22.1 Å². The number of benzene rings is 2. The fraction of sp³-hybridized carbons (Fsp3) is 0.0625. The van der Waals surface area contributed by atoms with E-state index in [2.05, 4.69) is 0 Å². The third-order valence-corrected chi connectivity index (χ3v) is 3.41. The Bertz CT molecular complexity index is 719. The van der Waals surface area contributed by atoms with Gasteiger partial charge < -0.3 is 9.47 Å². The minimum atomic E-state index is -0.150. The Morgan fingerprint density at radius 1 is 1.20 bits per heavy atom. The minimum absolute atomic E-state index is 0.150. The van der Waals surface area contributed by atoms with Gasteiger partial charge in [0.1, 0.15) is 11.5 Å². The van der Waals surface area contributed by atoms with Crippen LogP contribution >= 0.6 is 11.6 Å². The topological polar surface area (TPSA) is 35.5 Å². The molecule has 100 valence electrons. The highest BCUT2D eigenvalue weighted by atomic mass is 35.5. The van der Waals surface area contributed by atoms with E-state index in [1.165, 1.54) is 0 Å². The standard InChI is InChI=1S/C16H11ClO3/c1-19-11-6-7-12-14(9-11)20-15(16(12)18)8-10-4-2-3-5-13(10)17/h2-9H,1H3/b15-8-. The number of hydrogen-bond acceptors (Lipinski definition) is 3. The molecule has 1 aliphatic heterocycles. The van der Waals surface area contributed by atoms with E-state index in [1.54, 1.807) is 37.5 Å². The van der Waals surface area contributed by atoms with Crippen molar-refractivity contribution in [3.8, 4) is 11.5 Å². The zero-order valence-electron chi connectivity index (χ0n) is 10.7. The molecule has 0 saturated carbocycles. The average molecular weight is 287 g/mol. The highest BCUT2D eigenvalue weighted by Crippen LogP contribution is 2.35. The van der Waals surface area contributed by atoms with Crippen molar-refractivity contribution in [3.05, 3.63) is 64.4 Å².